The molecule has 0 heterocycles. The lowest BCUT2D eigenvalue weighted by molar-refractivity contribution is -0.143. The van der Waals surface area contributed by atoms with E-state index in [1.807, 2.05) is 0 Å². The number of amides is 1. The number of hydrogen-bond donors (Lipinski definition) is 3. The molecule has 0 aliphatic heterocycles. The normalized spacial score (nSPS) is 12.5. The van der Waals surface area contributed by atoms with Crippen LogP contribution in [0.15, 0.2) is 0 Å². The number of rotatable bonds is 58. The fraction of sp³-hybridized carbons (Fsp3) is 0.967. The van der Waals surface area contributed by atoms with Gasteiger partial charge in [0.2, 0.25) is 5.91 Å². The van der Waals surface area contributed by atoms with Gasteiger partial charge in [-0.1, -0.05) is 316 Å². The molecule has 0 rings (SSSR count). The summed E-state index contributed by atoms with van der Waals surface area (Å²) in [6.07, 6.45) is 66.8. The number of ether oxygens (including phenoxy) is 1. The molecule has 0 aromatic carbocycles. The first kappa shape index (κ1) is 65.9. The maximum atomic E-state index is 12.5. The van der Waals surface area contributed by atoms with Crippen LogP contribution in [0.3, 0.4) is 0 Å². The monoisotopic (exact) mass is 948 g/mol. The Morgan fingerprint density at radius 3 is 0.910 bits per heavy atom. The molecule has 3 N–H and O–H groups in total. The Labute approximate surface area is 419 Å². The first-order valence-corrected chi connectivity index (χ1v) is 30.8. The number of nitrogens with one attached hydrogen (secondary N) is 1. The number of carbonyl (C=O) groups is 2. The molecule has 6 heteroatoms. The Kier molecular flexibility index (Phi) is 56.5. The first-order chi connectivity index (χ1) is 33.0. The van der Waals surface area contributed by atoms with Gasteiger partial charge in [-0.15, -0.1) is 0 Å². The fourth-order valence-electron chi connectivity index (χ4n) is 9.94. The summed E-state index contributed by atoms with van der Waals surface area (Å²) in [6, 6.07) is -0.561. The summed E-state index contributed by atoms with van der Waals surface area (Å²) < 4.78 is 5.48. The Balaban J connectivity index is 3.44. The van der Waals surface area contributed by atoms with Gasteiger partial charge < -0.3 is 20.3 Å². The minimum absolute atomic E-state index is 0.0191. The van der Waals surface area contributed by atoms with Crippen LogP contribution in [0.25, 0.3) is 0 Å². The van der Waals surface area contributed by atoms with Crippen LogP contribution in [-0.2, 0) is 14.3 Å². The average Bonchev–Trinajstić information content (AvgIpc) is 3.33. The van der Waals surface area contributed by atoms with Crippen LogP contribution in [0.4, 0.5) is 0 Å². The third-order valence-corrected chi connectivity index (χ3v) is 14.7. The van der Waals surface area contributed by atoms with Crippen LogP contribution in [0.5, 0.6) is 0 Å². The largest absolute Gasteiger partial charge is 0.466 e. The van der Waals surface area contributed by atoms with Crippen molar-refractivity contribution in [2.45, 2.75) is 366 Å². The molecular weight excluding hydrogens is 827 g/mol. The van der Waals surface area contributed by atoms with Crippen LogP contribution in [0, 0.1) is 0 Å². The topological polar surface area (TPSA) is 95.9 Å². The second-order valence-corrected chi connectivity index (χ2v) is 21.4. The molecule has 1 amide bonds. The smallest absolute Gasteiger partial charge is 0.305 e. The van der Waals surface area contributed by atoms with Gasteiger partial charge in [0.05, 0.1) is 25.4 Å². The van der Waals surface area contributed by atoms with Crippen molar-refractivity contribution < 1.29 is 24.5 Å². The summed E-state index contributed by atoms with van der Waals surface area (Å²) in [5, 5.41) is 23.4. The van der Waals surface area contributed by atoms with Gasteiger partial charge in [0, 0.05) is 12.8 Å². The highest BCUT2D eigenvalue weighted by Crippen LogP contribution is 2.18. The molecule has 0 saturated heterocycles. The number of unbranched alkanes of at least 4 members (excludes halogenated alkanes) is 47. The fourth-order valence-corrected chi connectivity index (χ4v) is 9.94. The van der Waals surface area contributed by atoms with Crippen molar-refractivity contribution in [2.75, 3.05) is 13.2 Å². The van der Waals surface area contributed by atoms with Crippen molar-refractivity contribution in [3.05, 3.63) is 0 Å². The third kappa shape index (κ3) is 54.0. The molecule has 0 aromatic heterocycles. The Morgan fingerprint density at radius 2 is 0.612 bits per heavy atom. The van der Waals surface area contributed by atoms with Crippen LogP contribution < -0.4 is 5.32 Å². The highest BCUT2D eigenvalue weighted by atomic mass is 16.5. The second-order valence-electron chi connectivity index (χ2n) is 21.4. The van der Waals surface area contributed by atoms with Crippen molar-refractivity contribution >= 4 is 11.9 Å². The number of carbonyl (C=O) groups excluding carboxylic acids is 2. The number of hydrogen-bond acceptors (Lipinski definition) is 5. The predicted molar refractivity (Wildman–Crippen MR) is 292 cm³/mol. The van der Waals surface area contributed by atoms with Gasteiger partial charge in [-0.2, -0.15) is 0 Å². The lowest BCUT2D eigenvalue weighted by Crippen LogP contribution is -2.45. The maximum Gasteiger partial charge on any atom is 0.305 e. The van der Waals surface area contributed by atoms with Crippen LogP contribution in [0.2, 0.25) is 0 Å². The summed E-state index contributed by atoms with van der Waals surface area (Å²) in [7, 11) is 0. The van der Waals surface area contributed by atoms with Gasteiger partial charge in [-0.25, -0.2) is 0 Å². The van der Waals surface area contributed by atoms with E-state index in [1.165, 1.54) is 263 Å². The molecule has 0 aromatic rings. The standard InChI is InChI=1S/C61H121NO5/c1-3-5-7-9-11-13-15-17-19-21-22-23-24-25-26-27-29-30-32-34-37-41-45-49-53-59(64)58(57-63)62-60(65)54-50-46-42-38-36-40-44-48-52-56-67-61(66)55-51-47-43-39-35-33-31-28-20-18-16-14-12-10-8-6-4-2/h58-59,63-64H,3-57H2,1-2H3,(H,62,65). The second kappa shape index (κ2) is 57.4. The molecule has 0 saturated carbocycles. The molecule has 0 aliphatic carbocycles. The minimum atomic E-state index is -0.681. The van der Waals surface area contributed by atoms with E-state index in [0.717, 1.165) is 57.8 Å². The number of aliphatic hydroxyl groups excluding tert-OH is 2. The minimum Gasteiger partial charge on any atom is -0.466 e. The molecule has 2 unspecified atom stereocenters. The molecule has 0 fully saturated rings. The lowest BCUT2D eigenvalue weighted by Gasteiger charge is -2.22. The van der Waals surface area contributed by atoms with E-state index in [-0.39, 0.29) is 18.5 Å². The van der Waals surface area contributed by atoms with Gasteiger partial charge >= 0.3 is 5.97 Å². The van der Waals surface area contributed by atoms with Crippen LogP contribution >= 0.6 is 0 Å². The highest BCUT2D eigenvalue weighted by molar-refractivity contribution is 5.76. The Bertz CT molecular complexity index is 959. The van der Waals surface area contributed by atoms with Crippen molar-refractivity contribution in [2.24, 2.45) is 0 Å². The van der Waals surface area contributed by atoms with Gasteiger partial charge in [0.25, 0.3) is 0 Å². The van der Waals surface area contributed by atoms with Crippen molar-refractivity contribution in [1.29, 1.82) is 0 Å². The summed E-state index contributed by atoms with van der Waals surface area (Å²) >= 11 is 0. The van der Waals surface area contributed by atoms with E-state index in [1.54, 1.807) is 0 Å². The third-order valence-electron chi connectivity index (χ3n) is 14.7. The molecule has 0 aliphatic rings. The zero-order valence-corrected chi connectivity index (χ0v) is 45.7. The van der Waals surface area contributed by atoms with E-state index in [9.17, 15) is 19.8 Å². The zero-order valence-electron chi connectivity index (χ0n) is 45.7. The van der Waals surface area contributed by atoms with E-state index >= 15 is 0 Å². The van der Waals surface area contributed by atoms with Crippen molar-refractivity contribution in [3.63, 3.8) is 0 Å². The number of aliphatic hydroxyl groups is 2. The van der Waals surface area contributed by atoms with Gasteiger partial charge in [0.15, 0.2) is 0 Å². The molecule has 0 bridgehead atoms. The van der Waals surface area contributed by atoms with Crippen LogP contribution in [0.1, 0.15) is 354 Å². The molecule has 400 valence electrons. The summed E-state index contributed by atoms with van der Waals surface area (Å²) in [5.41, 5.74) is 0. The number of esters is 1. The van der Waals surface area contributed by atoms with E-state index in [4.69, 9.17) is 4.74 Å². The van der Waals surface area contributed by atoms with Gasteiger partial charge in [-0.05, 0) is 25.7 Å². The van der Waals surface area contributed by atoms with E-state index in [0.29, 0.717) is 25.9 Å². The maximum absolute atomic E-state index is 12.5. The summed E-state index contributed by atoms with van der Waals surface area (Å²) in [6.45, 7) is 4.93. The molecular formula is C61H121NO5. The van der Waals surface area contributed by atoms with Gasteiger partial charge in [-0.3, -0.25) is 9.59 Å². The molecule has 0 spiro atoms. The molecule has 6 nitrogen and oxygen atoms in total. The quantitative estimate of drug-likeness (QED) is 0.0417. The molecule has 67 heavy (non-hydrogen) atoms. The van der Waals surface area contributed by atoms with Crippen LogP contribution in [-0.4, -0.2) is 47.4 Å². The lowest BCUT2D eigenvalue weighted by atomic mass is 10.0. The predicted octanol–water partition coefficient (Wildman–Crippen LogP) is 19.1. The van der Waals surface area contributed by atoms with Gasteiger partial charge in [0.1, 0.15) is 0 Å². The molecule has 0 radical (unpaired) electrons. The average molecular weight is 949 g/mol. The van der Waals surface area contributed by atoms with Crippen molar-refractivity contribution in [3.8, 4) is 0 Å². The Hall–Kier alpha value is -1.14. The van der Waals surface area contributed by atoms with Crippen molar-refractivity contribution in [1.82, 2.24) is 5.32 Å². The molecule has 2 atom stereocenters. The summed E-state index contributed by atoms with van der Waals surface area (Å²) in [5.74, 6) is -0.0760. The zero-order chi connectivity index (χ0) is 48.6. The summed E-state index contributed by atoms with van der Waals surface area (Å²) in [4.78, 5) is 24.6. The first-order valence-electron chi connectivity index (χ1n) is 30.8. The van der Waals surface area contributed by atoms with E-state index in [2.05, 4.69) is 19.2 Å². The van der Waals surface area contributed by atoms with E-state index < -0.39 is 12.1 Å². The highest BCUT2D eigenvalue weighted by Gasteiger charge is 2.20. The Morgan fingerprint density at radius 1 is 0.358 bits per heavy atom. The SMILES string of the molecule is CCCCCCCCCCCCCCCCCCCCCCCCCCC(O)C(CO)NC(=O)CCCCCCCCCCCOC(=O)CCCCCCCCCCCCCCCCCCC.